The molecule has 12 nitrogen and oxygen atoms in total. The standard InChI is InChI=1S/C43H49N7O5/c1-27(2)37(48-41(52)54-7)40(51)49-21-13-19-35(49)39-45-26-34(47-39)30-23-28(3)32(33(24-30)29-15-9-8-10-16-29)18-12-11-17-31-25-44-38(46-31)36-20-14-22-50(36)42(53)55-43(4,5)6/h8-10,15-16,23-27,35-37H,13-14,19-22H2,1-7H3,(H,44,46)(H,45,47)(H,48,52)/t35-,36-,37-/m0/s1. The maximum atomic E-state index is 13.7. The third-order valence-corrected chi connectivity index (χ3v) is 9.81. The molecular formula is C43H49N7O5. The highest BCUT2D eigenvalue weighted by atomic mass is 16.6. The second kappa shape index (κ2) is 16.6. The number of benzene rings is 2. The maximum Gasteiger partial charge on any atom is 0.410 e. The summed E-state index contributed by atoms with van der Waals surface area (Å²) in [5.41, 5.74) is 5.61. The Hall–Kier alpha value is -6.01. The number of amides is 3. The summed E-state index contributed by atoms with van der Waals surface area (Å²) in [7, 11) is 1.29. The number of ether oxygens (including phenoxy) is 2. The Morgan fingerprint density at radius 2 is 1.55 bits per heavy atom. The van der Waals surface area contributed by atoms with Crippen molar-refractivity contribution in [3.05, 3.63) is 83.3 Å². The van der Waals surface area contributed by atoms with E-state index in [1.54, 1.807) is 22.2 Å². The minimum absolute atomic E-state index is 0.120. The van der Waals surface area contributed by atoms with Gasteiger partial charge in [0.25, 0.3) is 0 Å². The topological polar surface area (TPSA) is 146 Å². The summed E-state index contributed by atoms with van der Waals surface area (Å²) in [6.45, 7) is 12.6. The number of aromatic nitrogens is 4. The van der Waals surface area contributed by atoms with Crippen molar-refractivity contribution >= 4 is 18.1 Å². The number of hydrogen-bond acceptors (Lipinski definition) is 7. The van der Waals surface area contributed by atoms with Crippen molar-refractivity contribution < 1.29 is 23.9 Å². The van der Waals surface area contributed by atoms with E-state index in [1.165, 1.54) is 7.11 Å². The zero-order valence-corrected chi connectivity index (χ0v) is 32.6. The van der Waals surface area contributed by atoms with Crippen LogP contribution in [-0.4, -0.2) is 79.7 Å². The van der Waals surface area contributed by atoms with Crippen LogP contribution in [0, 0.1) is 36.5 Å². The van der Waals surface area contributed by atoms with Gasteiger partial charge >= 0.3 is 12.2 Å². The maximum absolute atomic E-state index is 13.7. The molecule has 2 aromatic carbocycles. The van der Waals surface area contributed by atoms with Crippen molar-refractivity contribution in [3.8, 4) is 46.1 Å². The Morgan fingerprint density at radius 1 is 0.891 bits per heavy atom. The molecule has 3 N–H and O–H groups in total. The smallest absolute Gasteiger partial charge is 0.410 e. The molecule has 0 bridgehead atoms. The number of aromatic amines is 2. The minimum atomic E-state index is -0.706. The van der Waals surface area contributed by atoms with Gasteiger partial charge in [0.15, 0.2) is 0 Å². The number of carbonyl (C=O) groups is 3. The lowest BCUT2D eigenvalue weighted by atomic mass is 9.93. The fourth-order valence-electron chi connectivity index (χ4n) is 7.15. The van der Waals surface area contributed by atoms with Crippen LogP contribution in [0.2, 0.25) is 0 Å². The summed E-state index contributed by atoms with van der Waals surface area (Å²) >= 11 is 0. The minimum Gasteiger partial charge on any atom is -0.453 e. The fourth-order valence-corrected chi connectivity index (χ4v) is 7.15. The van der Waals surface area contributed by atoms with Crippen LogP contribution in [0.15, 0.2) is 54.9 Å². The second-order valence-electron chi connectivity index (χ2n) is 15.3. The lowest BCUT2D eigenvalue weighted by molar-refractivity contribution is -0.135. The van der Waals surface area contributed by atoms with E-state index < -0.39 is 17.7 Å². The van der Waals surface area contributed by atoms with Gasteiger partial charge in [0.1, 0.15) is 29.0 Å². The molecule has 3 amide bonds. The first-order chi connectivity index (χ1) is 26.3. The third-order valence-electron chi connectivity index (χ3n) is 9.81. The zero-order valence-electron chi connectivity index (χ0n) is 32.6. The molecule has 55 heavy (non-hydrogen) atoms. The summed E-state index contributed by atoms with van der Waals surface area (Å²) in [5.74, 6) is 13.5. The number of methoxy groups -OCH3 is 1. The van der Waals surface area contributed by atoms with Crippen molar-refractivity contribution in [3.63, 3.8) is 0 Å². The van der Waals surface area contributed by atoms with Gasteiger partial charge in [-0.1, -0.05) is 50.1 Å². The molecule has 0 aliphatic carbocycles. The fraction of sp³-hybridized carbons (Fsp3) is 0.419. The van der Waals surface area contributed by atoms with Crippen molar-refractivity contribution in [1.29, 1.82) is 0 Å². The SMILES string of the molecule is COC(=O)N[C@H](C(=O)N1CCC[C@H]1c1ncc(-c2cc(C)c(C#CC#Cc3cnc([C@@H]4CCCN4C(=O)OC(C)(C)C)[nH]3)c(-c3ccccc3)c2)[nH]1)C(C)C. The molecule has 12 heteroatoms. The van der Waals surface area contributed by atoms with Crippen molar-refractivity contribution in [2.75, 3.05) is 20.2 Å². The highest BCUT2D eigenvalue weighted by Crippen LogP contribution is 2.35. The molecule has 2 aliphatic heterocycles. The van der Waals surface area contributed by atoms with E-state index >= 15 is 0 Å². The van der Waals surface area contributed by atoms with Crippen LogP contribution >= 0.6 is 0 Å². The first-order valence-electron chi connectivity index (χ1n) is 18.8. The first-order valence-corrected chi connectivity index (χ1v) is 18.8. The average molecular weight is 744 g/mol. The van der Waals surface area contributed by atoms with E-state index in [0.29, 0.717) is 30.4 Å². The molecule has 2 aromatic heterocycles. The Balaban J connectivity index is 1.23. The molecule has 2 saturated heterocycles. The summed E-state index contributed by atoms with van der Waals surface area (Å²) in [6.07, 6.45) is 5.77. The molecule has 6 rings (SSSR count). The van der Waals surface area contributed by atoms with E-state index in [1.807, 2.05) is 59.7 Å². The molecule has 0 radical (unpaired) electrons. The number of likely N-dealkylation sites (tertiary alicyclic amines) is 2. The number of aryl methyl sites for hydroxylation is 1. The van der Waals surface area contributed by atoms with Gasteiger partial charge in [-0.05, 0) is 106 Å². The molecule has 4 heterocycles. The van der Waals surface area contributed by atoms with Gasteiger partial charge in [0, 0.05) is 24.2 Å². The Morgan fingerprint density at radius 3 is 2.24 bits per heavy atom. The molecule has 2 fully saturated rings. The summed E-state index contributed by atoms with van der Waals surface area (Å²) < 4.78 is 10.4. The molecule has 4 aromatic rings. The number of nitrogens with one attached hydrogen (secondary N) is 3. The first kappa shape index (κ1) is 38.7. The van der Waals surface area contributed by atoms with Crippen LogP contribution in [0.5, 0.6) is 0 Å². The number of nitrogens with zero attached hydrogens (tertiary/aromatic N) is 4. The van der Waals surface area contributed by atoms with E-state index in [-0.39, 0.29) is 30.0 Å². The molecule has 0 saturated carbocycles. The second-order valence-corrected chi connectivity index (χ2v) is 15.3. The summed E-state index contributed by atoms with van der Waals surface area (Å²) in [5, 5.41) is 2.70. The average Bonchev–Trinajstić information content (AvgIpc) is 3.98. The molecule has 3 atom stereocenters. The summed E-state index contributed by atoms with van der Waals surface area (Å²) in [6, 6.07) is 13.1. The van der Waals surface area contributed by atoms with Gasteiger partial charge in [0.2, 0.25) is 5.91 Å². The largest absolute Gasteiger partial charge is 0.453 e. The lowest BCUT2D eigenvalue weighted by Crippen LogP contribution is -2.51. The predicted molar refractivity (Wildman–Crippen MR) is 209 cm³/mol. The van der Waals surface area contributed by atoms with Crippen LogP contribution in [0.1, 0.15) is 101 Å². The molecule has 286 valence electrons. The van der Waals surface area contributed by atoms with Gasteiger partial charge in [-0.15, -0.1) is 0 Å². The van der Waals surface area contributed by atoms with Gasteiger partial charge in [-0.2, -0.15) is 0 Å². The highest BCUT2D eigenvalue weighted by Gasteiger charge is 2.38. The highest BCUT2D eigenvalue weighted by molar-refractivity contribution is 5.86. The van der Waals surface area contributed by atoms with Crippen LogP contribution in [0.3, 0.4) is 0 Å². The van der Waals surface area contributed by atoms with Crippen LogP contribution < -0.4 is 5.32 Å². The van der Waals surface area contributed by atoms with E-state index in [2.05, 4.69) is 68.2 Å². The third kappa shape index (κ3) is 9.04. The number of hydrogen-bond donors (Lipinski definition) is 3. The van der Waals surface area contributed by atoms with Gasteiger partial charge in [0.05, 0.1) is 37.3 Å². The number of carbonyl (C=O) groups excluding carboxylic acids is 3. The monoisotopic (exact) mass is 743 g/mol. The van der Waals surface area contributed by atoms with Gasteiger partial charge in [-0.25, -0.2) is 19.6 Å². The van der Waals surface area contributed by atoms with E-state index in [9.17, 15) is 14.4 Å². The van der Waals surface area contributed by atoms with Crippen molar-refractivity contribution in [1.82, 2.24) is 35.1 Å². The molecule has 0 spiro atoms. The predicted octanol–water partition coefficient (Wildman–Crippen LogP) is 7.29. The lowest BCUT2D eigenvalue weighted by Gasteiger charge is -2.30. The Labute approximate surface area is 322 Å². The van der Waals surface area contributed by atoms with Crippen LogP contribution in [0.25, 0.3) is 22.4 Å². The Kier molecular flexibility index (Phi) is 11.7. The Bertz CT molecular complexity index is 2160. The number of alkyl carbamates (subject to hydrolysis) is 1. The quantitative estimate of drug-likeness (QED) is 0.169. The van der Waals surface area contributed by atoms with Crippen molar-refractivity contribution in [2.24, 2.45) is 5.92 Å². The summed E-state index contributed by atoms with van der Waals surface area (Å²) in [4.78, 5) is 58.1. The van der Waals surface area contributed by atoms with Crippen LogP contribution in [0.4, 0.5) is 9.59 Å². The normalized spacial score (nSPS) is 17.2. The number of imidazole rings is 2. The van der Waals surface area contributed by atoms with Crippen molar-refractivity contribution in [2.45, 2.75) is 91.0 Å². The number of H-pyrrole nitrogens is 2. The van der Waals surface area contributed by atoms with E-state index in [0.717, 1.165) is 59.2 Å². The molecule has 2 aliphatic rings. The number of rotatable bonds is 7. The van der Waals surface area contributed by atoms with Gasteiger partial charge < -0.3 is 29.7 Å². The van der Waals surface area contributed by atoms with Crippen LogP contribution in [-0.2, 0) is 14.3 Å². The molecule has 0 unspecified atom stereocenters. The zero-order chi connectivity index (χ0) is 39.3. The van der Waals surface area contributed by atoms with E-state index in [4.69, 9.17) is 14.5 Å². The van der Waals surface area contributed by atoms with Gasteiger partial charge in [-0.3, -0.25) is 9.69 Å². The molecular weight excluding hydrogens is 695 g/mol.